The Hall–Kier alpha value is -6.49. The van der Waals surface area contributed by atoms with Gasteiger partial charge in [-0.15, -0.1) is 0 Å². The van der Waals surface area contributed by atoms with E-state index in [2.05, 4.69) is 39.3 Å². The number of amides is 2. The molecule has 0 aliphatic carbocycles. The van der Waals surface area contributed by atoms with Crippen LogP contribution in [0.25, 0.3) is 10.9 Å². The molecule has 340 valence electrons. The highest BCUT2D eigenvalue weighted by Gasteiger charge is 2.29. The van der Waals surface area contributed by atoms with Crippen LogP contribution in [0.15, 0.2) is 144 Å². The highest BCUT2D eigenvalue weighted by molar-refractivity contribution is 6.76. The second-order valence-electron chi connectivity index (χ2n) is 18.1. The Morgan fingerprint density at radius 1 is 0.600 bits per heavy atom. The number of aromatic nitrogens is 1. The van der Waals surface area contributed by atoms with Crippen molar-refractivity contribution in [3.63, 3.8) is 0 Å². The Bertz CT molecular complexity index is 2490. The molecule has 0 aliphatic heterocycles. The van der Waals surface area contributed by atoms with Crippen LogP contribution in [0, 0.1) is 0 Å². The first-order valence-electron chi connectivity index (χ1n) is 21.7. The summed E-state index contributed by atoms with van der Waals surface area (Å²) in [6, 6.07) is 42.6. The van der Waals surface area contributed by atoms with Crippen molar-refractivity contribution in [3.8, 4) is 11.5 Å². The van der Waals surface area contributed by atoms with E-state index in [-0.39, 0.29) is 49.7 Å². The zero-order chi connectivity index (χ0) is 46.4. The quantitative estimate of drug-likeness (QED) is 0.0315. The number of esters is 1. The molecule has 1 heterocycles. The number of ether oxygens (including phenoxy) is 5. The van der Waals surface area contributed by atoms with Crippen LogP contribution in [0.3, 0.4) is 0 Å². The topological polar surface area (TPSA) is 132 Å². The molecule has 0 saturated heterocycles. The summed E-state index contributed by atoms with van der Waals surface area (Å²) in [7, 11) is -3.22. The summed E-state index contributed by atoms with van der Waals surface area (Å²) in [5.74, 6) is 0.0187. The first kappa shape index (κ1) is 48.0. The highest BCUT2D eigenvalue weighted by atomic mass is 28.3. The van der Waals surface area contributed by atoms with E-state index in [1.807, 2.05) is 121 Å². The maximum absolute atomic E-state index is 14.6. The van der Waals surface area contributed by atoms with Gasteiger partial charge in [0.15, 0.2) is 23.0 Å². The van der Waals surface area contributed by atoms with Crippen molar-refractivity contribution in [1.82, 2.24) is 9.63 Å². The minimum Gasteiger partial charge on any atom is -0.485 e. The number of rotatable bonds is 20. The molecule has 0 unspecified atom stereocenters. The fourth-order valence-corrected chi connectivity index (χ4v) is 8.03. The molecule has 0 N–H and O–H groups in total. The van der Waals surface area contributed by atoms with Gasteiger partial charge in [0.25, 0.3) is 0 Å². The number of fused-ring (bicyclic) bond motifs is 1. The number of nitrogens with zero attached hydrogens (tertiary/aromatic N) is 2. The third kappa shape index (κ3) is 14.5. The van der Waals surface area contributed by atoms with Crippen LogP contribution in [0.1, 0.15) is 33.9 Å². The van der Waals surface area contributed by atoms with E-state index >= 15 is 0 Å². The zero-order valence-electron chi connectivity index (χ0n) is 38.0. The van der Waals surface area contributed by atoms with Gasteiger partial charge in [-0.25, -0.2) is 9.59 Å². The van der Waals surface area contributed by atoms with Crippen LogP contribution in [0.2, 0.25) is 51.4 Å². The lowest BCUT2D eigenvalue weighted by Gasteiger charge is -2.22. The molecule has 0 fully saturated rings. The number of hydrogen-bond donors (Lipinski definition) is 0. The molecular formula is C51H58N2O10Si2. The van der Waals surface area contributed by atoms with E-state index in [1.165, 1.54) is 6.20 Å². The Labute approximate surface area is 382 Å². The summed E-state index contributed by atoms with van der Waals surface area (Å²) in [5, 5.41) is 0.592. The summed E-state index contributed by atoms with van der Waals surface area (Å²) in [6.45, 7) is 12.5. The van der Waals surface area contributed by atoms with Crippen molar-refractivity contribution in [1.29, 1.82) is 0 Å². The first-order valence-corrected chi connectivity index (χ1v) is 29.1. The van der Waals surface area contributed by atoms with Gasteiger partial charge in [-0.05, 0) is 40.4 Å². The van der Waals surface area contributed by atoms with Crippen molar-refractivity contribution in [3.05, 3.63) is 178 Å². The van der Waals surface area contributed by atoms with Gasteiger partial charge in [-0.1, -0.05) is 166 Å². The standard InChI is InChI=1S/C51H58N2O10Si2/c1-64(2,3)29-27-58-50(56)53(51(57)59-28-30-65(4,5)6)62-37-42-33-52(34-47(54)63-49(40-23-15-9-16-24-40)41-25-17-10-18-26-41)44-32-46(61-36-39-21-13-8-14-22-39)45(31-43(44)48(42)55)60-35-38-19-11-7-12-20-38/h7-26,31-33,49H,27-30,34-37H2,1-6H3. The molecule has 65 heavy (non-hydrogen) atoms. The van der Waals surface area contributed by atoms with Crippen molar-refractivity contribution in [2.75, 3.05) is 13.2 Å². The molecule has 0 atom stereocenters. The number of carbonyl (C=O) groups is 3. The number of hydroxylamine groups is 2. The van der Waals surface area contributed by atoms with Crippen LogP contribution in [0.4, 0.5) is 9.59 Å². The second kappa shape index (κ2) is 22.4. The average Bonchev–Trinajstić information content (AvgIpc) is 3.28. The van der Waals surface area contributed by atoms with Crippen molar-refractivity contribution in [2.45, 2.75) is 83.8 Å². The summed E-state index contributed by atoms with van der Waals surface area (Å²) in [4.78, 5) is 61.6. The third-order valence-corrected chi connectivity index (χ3v) is 13.7. The van der Waals surface area contributed by atoms with Gasteiger partial charge in [-0.2, -0.15) is 0 Å². The van der Waals surface area contributed by atoms with Gasteiger partial charge < -0.3 is 28.3 Å². The molecule has 0 spiro atoms. The number of benzene rings is 5. The van der Waals surface area contributed by atoms with E-state index in [0.717, 1.165) is 22.3 Å². The van der Waals surface area contributed by atoms with Crippen LogP contribution in [0.5, 0.6) is 11.5 Å². The molecule has 0 radical (unpaired) electrons. The van der Waals surface area contributed by atoms with Crippen LogP contribution in [-0.2, 0) is 50.2 Å². The Morgan fingerprint density at radius 2 is 1.05 bits per heavy atom. The van der Waals surface area contributed by atoms with E-state index in [4.69, 9.17) is 28.5 Å². The van der Waals surface area contributed by atoms with E-state index in [9.17, 15) is 19.2 Å². The zero-order valence-corrected chi connectivity index (χ0v) is 40.0. The number of hydrogen-bond acceptors (Lipinski definition) is 10. The lowest BCUT2D eigenvalue weighted by Crippen LogP contribution is -2.39. The van der Waals surface area contributed by atoms with Gasteiger partial charge in [-0.3, -0.25) is 14.4 Å². The van der Waals surface area contributed by atoms with Crippen molar-refractivity contribution >= 4 is 45.2 Å². The average molecular weight is 915 g/mol. The molecule has 2 amide bonds. The third-order valence-electron chi connectivity index (χ3n) is 10.3. The summed E-state index contributed by atoms with van der Waals surface area (Å²) >= 11 is 0. The fraction of sp³-hybridized carbons (Fsp3) is 0.294. The Morgan fingerprint density at radius 3 is 1.51 bits per heavy atom. The highest BCUT2D eigenvalue weighted by Crippen LogP contribution is 2.34. The Kier molecular flexibility index (Phi) is 16.6. The molecule has 14 heteroatoms. The van der Waals surface area contributed by atoms with Gasteiger partial charge in [0.05, 0.1) is 18.7 Å². The largest absolute Gasteiger partial charge is 0.485 e. The van der Waals surface area contributed by atoms with E-state index in [1.54, 1.807) is 16.7 Å². The lowest BCUT2D eigenvalue weighted by molar-refractivity contribution is -0.148. The molecule has 1 aromatic heterocycles. The number of imide groups is 1. The molecule has 0 aliphatic rings. The van der Waals surface area contributed by atoms with Crippen LogP contribution in [-0.4, -0.2) is 57.1 Å². The Balaban J connectivity index is 1.39. The molecular weight excluding hydrogens is 857 g/mol. The van der Waals surface area contributed by atoms with Crippen molar-refractivity contribution in [2.24, 2.45) is 0 Å². The van der Waals surface area contributed by atoms with Crippen LogP contribution < -0.4 is 14.9 Å². The first-order chi connectivity index (χ1) is 31.1. The van der Waals surface area contributed by atoms with E-state index < -0.39 is 52.4 Å². The summed E-state index contributed by atoms with van der Waals surface area (Å²) in [6.07, 6.45) is -1.39. The van der Waals surface area contributed by atoms with Gasteiger partial charge in [0.2, 0.25) is 0 Å². The molecule has 6 rings (SSSR count). The van der Waals surface area contributed by atoms with Gasteiger partial charge in [0, 0.05) is 39.4 Å². The molecule has 0 saturated carbocycles. The fourth-order valence-electron chi connectivity index (χ4n) is 6.60. The minimum atomic E-state index is -1.61. The van der Waals surface area contributed by atoms with Crippen molar-refractivity contribution < 1.29 is 42.9 Å². The van der Waals surface area contributed by atoms with Crippen LogP contribution >= 0.6 is 0 Å². The lowest BCUT2D eigenvalue weighted by atomic mass is 10.0. The minimum absolute atomic E-state index is 0.0229. The van der Waals surface area contributed by atoms with Gasteiger partial charge in [0.1, 0.15) is 26.4 Å². The normalized spacial score (nSPS) is 11.6. The number of pyridine rings is 1. The summed E-state index contributed by atoms with van der Waals surface area (Å²) < 4.78 is 31.5. The monoisotopic (exact) mass is 914 g/mol. The molecule has 5 aromatic carbocycles. The second-order valence-corrected chi connectivity index (χ2v) is 29.3. The maximum Gasteiger partial charge on any atom is 0.444 e. The predicted octanol–water partition coefficient (Wildman–Crippen LogP) is 11.2. The molecule has 6 aromatic rings. The molecule has 12 nitrogen and oxygen atoms in total. The maximum atomic E-state index is 14.6. The SMILES string of the molecule is C[Si](C)(C)CCOC(=O)N(OCc1cn(CC(=O)OC(c2ccccc2)c2ccccc2)c2cc(OCc3ccccc3)c(OCc3ccccc3)cc2c1=O)C(=O)OCC[Si](C)(C)C. The van der Waals surface area contributed by atoms with Gasteiger partial charge >= 0.3 is 18.2 Å². The predicted molar refractivity (Wildman–Crippen MR) is 256 cm³/mol. The van der Waals surface area contributed by atoms with E-state index in [0.29, 0.717) is 28.4 Å². The smallest absolute Gasteiger partial charge is 0.444 e. The summed E-state index contributed by atoms with van der Waals surface area (Å²) in [5.41, 5.74) is 3.22. The molecule has 0 bridgehead atoms. The number of carbonyl (C=O) groups excluding carboxylic acids is 3.